The zero-order valence-electron chi connectivity index (χ0n) is 14.4. The van der Waals surface area contributed by atoms with E-state index in [-0.39, 0.29) is 0 Å². The first-order valence-corrected chi connectivity index (χ1v) is 9.57. The number of anilines is 2. The summed E-state index contributed by atoms with van der Waals surface area (Å²) in [5.74, 6) is 1.74. The second-order valence-electron chi connectivity index (χ2n) is 8.11. The third kappa shape index (κ3) is 3.21. The Morgan fingerprint density at radius 2 is 1.70 bits per heavy atom. The molecule has 0 bridgehead atoms. The average Bonchev–Trinajstić information content (AvgIpc) is 3.07. The summed E-state index contributed by atoms with van der Waals surface area (Å²) in [6.07, 6.45) is 9.18. The molecule has 2 atom stereocenters. The molecule has 0 aromatic heterocycles. The lowest BCUT2D eigenvalue weighted by Gasteiger charge is -2.29. The van der Waals surface area contributed by atoms with Crippen molar-refractivity contribution >= 4 is 11.4 Å². The van der Waals surface area contributed by atoms with E-state index in [1.54, 1.807) is 0 Å². The fourth-order valence-electron chi connectivity index (χ4n) is 5.16. The Kier molecular flexibility index (Phi) is 4.23. The van der Waals surface area contributed by atoms with Gasteiger partial charge in [0.15, 0.2) is 0 Å². The number of nitrogens with zero attached hydrogens (tertiary/aromatic N) is 1. The molecule has 1 aromatic carbocycles. The van der Waals surface area contributed by atoms with E-state index in [2.05, 4.69) is 35.3 Å². The summed E-state index contributed by atoms with van der Waals surface area (Å²) < 4.78 is 0. The Hall–Kier alpha value is -1.22. The van der Waals surface area contributed by atoms with E-state index in [1.807, 2.05) is 0 Å². The van der Waals surface area contributed by atoms with Crippen LogP contribution in [0.3, 0.4) is 0 Å². The minimum absolute atomic E-state index is 0.469. The highest BCUT2D eigenvalue weighted by molar-refractivity contribution is 5.60. The summed E-state index contributed by atoms with van der Waals surface area (Å²) in [7, 11) is 0. The highest BCUT2D eigenvalue weighted by Gasteiger charge is 2.40. The Bertz CT molecular complexity index is 536. The Labute approximate surface area is 140 Å². The van der Waals surface area contributed by atoms with Crippen LogP contribution in [0.2, 0.25) is 0 Å². The minimum atomic E-state index is 0.469. The third-order valence-corrected chi connectivity index (χ3v) is 6.34. The van der Waals surface area contributed by atoms with Gasteiger partial charge in [-0.1, -0.05) is 0 Å². The van der Waals surface area contributed by atoms with Gasteiger partial charge >= 0.3 is 0 Å². The van der Waals surface area contributed by atoms with Gasteiger partial charge in [0.2, 0.25) is 0 Å². The van der Waals surface area contributed by atoms with Gasteiger partial charge in [0.25, 0.3) is 0 Å². The average molecular weight is 313 g/mol. The van der Waals surface area contributed by atoms with E-state index < -0.39 is 0 Å². The molecule has 3 aliphatic rings. The number of aryl methyl sites for hydroxylation is 1. The van der Waals surface area contributed by atoms with Crippen LogP contribution in [0, 0.1) is 18.8 Å². The van der Waals surface area contributed by atoms with Gasteiger partial charge in [-0.25, -0.2) is 0 Å². The van der Waals surface area contributed by atoms with Crippen LogP contribution in [0.15, 0.2) is 18.2 Å². The van der Waals surface area contributed by atoms with Gasteiger partial charge in [0.1, 0.15) is 0 Å². The smallest absolute Gasteiger partial charge is 0.0373 e. The number of fused-ring (bicyclic) bond motifs is 1. The predicted octanol–water partition coefficient (Wildman–Crippen LogP) is 3.91. The van der Waals surface area contributed by atoms with Gasteiger partial charge in [-0.05, 0) is 87.5 Å². The van der Waals surface area contributed by atoms with Gasteiger partial charge < -0.3 is 16.0 Å². The Balaban J connectivity index is 1.40. The third-order valence-electron chi connectivity index (χ3n) is 6.34. The number of hydrogen-bond donors (Lipinski definition) is 2. The Morgan fingerprint density at radius 3 is 2.35 bits per heavy atom. The summed E-state index contributed by atoms with van der Waals surface area (Å²) in [6.45, 7) is 4.69. The fraction of sp³-hybridized carbons (Fsp3) is 0.700. The predicted molar refractivity (Wildman–Crippen MR) is 98.1 cm³/mol. The second kappa shape index (κ2) is 6.35. The molecule has 3 N–H and O–H groups in total. The summed E-state index contributed by atoms with van der Waals surface area (Å²) in [4.78, 5) is 2.54. The van der Waals surface area contributed by atoms with Crippen molar-refractivity contribution < 1.29 is 0 Å². The van der Waals surface area contributed by atoms with E-state index in [4.69, 9.17) is 5.73 Å². The molecule has 2 aliphatic carbocycles. The molecule has 0 radical (unpaired) electrons. The number of nitrogens with one attached hydrogen (secondary N) is 1. The molecule has 4 rings (SSSR count). The zero-order valence-corrected chi connectivity index (χ0v) is 14.4. The standard InChI is InChI=1S/C20H31N3/c1-14-9-19(23-7-3-2-4-8-23)5-6-20(14)22-18-12-15-10-17(21)11-16(15)13-18/h5-6,9,15-18,22H,2-4,7-8,10-13,21H2,1H3. The first kappa shape index (κ1) is 15.3. The molecule has 3 heteroatoms. The van der Waals surface area contributed by atoms with Crippen molar-refractivity contribution in [3.8, 4) is 0 Å². The minimum Gasteiger partial charge on any atom is -0.382 e. The highest BCUT2D eigenvalue weighted by atomic mass is 15.1. The molecule has 23 heavy (non-hydrogen) atoms. The molecule has 0 amide bonds. The van der Waals surface area contributed by atoms with Gasteiger partial charge in [-0.2, -0.15) is 0 Å². The van der Waals surface area contributed by atoms with Crippen molar-refractivity contribution in [1.29, 1.82) is 0 Å². The summed E-state index contributed by atoms with van der Waals surface area (Å²) in [6, 6.07) is 8.11. The lowest BCUT2D eigenvalue weighted by Crippen LogP contribution is -2.29. The van der Waals surface area contributed by atoms with Gasteiger partial charge in [0.05, 0.1) is 0 Å². The highest BCUT2D eigenvalue weighted by Crippen LogP contribution is 2.44. The van der Waals surface area contributed by atoms with Crippen molar-refractivity contribution in [2.75, 3.05) is 23.3 Å². The van der Waals surface area contributed by atoms with Crippen LogP contribution in [0.4, 0.5) is 11.4 Å². The molecular formula is C20H31N3. The number of hydrogen-bond acceptors (Lipinski definition) is 3. The maximum absolute atomic E-state index is 6.11. The van der Waals surface area contributed by atoms with Crippen LogP contribution in [0.25, 0.3) is 0 Å². The van der Waals surface area contributed by atoms with Gasteiger partial charge in [0, 0.05) is 36.5 Å². The molecule has 1 heterocycles. The van der Waals surface area contributed by atoms with Crippen LogP contribution < -0.4 is 16.0 Å². The zero-order chi connectivity index (χ0) is 15.8. The Morgan fingerprint density at radius 1 is 1.00 bits per heavy atom. The summed E-state index contributed by atoms with van der Waals surface area (Å²) in [5.41, 5.74) is 10.2. The number of benzene rings is 1. The number of piperidine rings is 1. The molecule has 126 valence electrons. The molecule has 3 nitrogen and oxygen atoms in total. The lowest BCUT2D eigenvalue weighted by atomic mass is 10.0. The fourth-order valence-corrected chi connectivity index (χ4v) is 5.16. The molecule has 2 unspecified atom stereocenters. The van der Waals surface area contributed by atoms with Crippen molar-refractivity contribution in [3.63, 3.8) is 0 Å². The molecule has 1 aliphatic heterocycles. The van der Waals surface area contributed by atoms with Crippen LogP contribution in [0.5, 0.6) is 0 Å². The van der Waals surface area contributed by atoms with Gasteiger partial charge in [-0.15, -0.1) is 0 Å². The molecule has 1 aromatic rings. The van der Waals surface area contributed by atoms with E-state index >= 15 is 0 Å². The maximum Gasteiger partial charge on any atom is 0.0373 e. The monoisotopic (exact) mass is 313 g/mol. The van der Waals surface area contributed by atoms with Crippen molar-refractivity contribution in [2.45, 2.75) is 64.0 Å². The van der Waals surface area contributed by atoms with E-state index in [0.717, 1.165) is 11.8 Å². The van der Waals surface area contributed by atoms with Crippen LogP contribution in [-0.2, 0) is 0 Å². The van der Waals surface area contributed by atoms with Gasteiger partial charge in [-0.3, -0.25) is 0 Å². The number of rotatable bonds is 3. The number of nitrogens with two attached hydrogens (primary N) is 1. The van der Waals surface area contributed by atoms with Crippen LogP contribution in [0.1, 0.15) is 50.5 Å². The summed E-state index contributed by atoms with van der Waals surface area (Å²) >= 11 is 0. The molecule has 2 saturated carbocycles. The van der Waals surface area contributed by atoms with E-state index in [0.29, 0.717) is 12.1 Å². The summed E-state index contributed by atoms with van der Waals surface area (Å²) in [5, 5.41) is 3.82. The van der Waals surface area contributed by atoms with Crippen LogP contribution >= 0.6 is 0 Å². The van der Waals surface area contributed by atoms with E-state index in [1.165, 1.54) is 75.0 Å². The van der Waals surface area contributed by atoms with Crippen molar-refractivity contribution in [1.82, 2.24) is 0 Å². The molecular weight excluding hydrogens is 282 g/mol. The first-order chi connectivity index (χ1) is 11.2. The largest absolute Gasteiger partial charge is 0.382 e. The topological polar surface area (TPSA) is 41.3 Å². The van der Waals surface area contributed by atoms with E-state index in [9.17, 15) is 0 Å². The van der Waals surface area contributed by atoms with Crippen molar-refractivity contribution in [3.05, 3.63) is 23.8 Å². The molecule has 1 saturated heterocycles. The quantitative estimate of drug-likeness (QED) is 0.889. The second-order valence-corrected chi connectivity index (χ2v) is 8.11. The molecule has 3 fully saturated rings. The maximum atomic E-state index is 6.11. The lowest BCUT2D eigenvalue weighted by molar-refractivity contribution is 0.457. The first-order valence-electron chi connectivity index (χ1n) is 9.57. The SMILES string of the molecule is Cc1cc(N2CCCCC2)ccc1NC1CC2CC(N)CC2C1. The molecule has 0 spiro atoms. The van der Waals surface area contributed by atoms with Crippen molar-refractivity contribution in [2.24, 2.45) is 17.6 Å². The normalized spacial score (nSPS) is 33.7. The van der Waals surface area contributed by atoms with Crippen LogP contribution in [-0.4, -0.2) is 25.2 Å².